The third-order valence-electron chi connectivity index (χ3n) is 1.17. The van der Waals surface area contributed by atoms with Gasteiger partial charge in [0.1, 0.15) is 6.10 Å². The Balaban J connectivity index is 4.68. The normalized spacial score (nSPS) is 15.9. The standard InChI is InChI=1S/C6H5F5O3/c7-5(8,6(9,10)11)3(12)1-2-4(13)14/h1-3,12H,(H,13,14)/b2-1+. The van der Waals surface area contributed by atoms with Crippen molar-refractivity contribution in [3.8, 4) is 0 Å². The fourth-order valence-electron chi connectivity index (χ4n) is 0.462. The van der Waals surface area contributed by atoms with Gasteiger partial charge >= 0.3 is 18.1 Å². The summed E-state index contributed by atoms with van der Waals surface area (Å²) in [5.74, 6) is -7.10. The molecule has 0 aromatic heterocycles. The zero-order valence-electron chi connectivity index (χ0n) is 6.42. The molecule has 14 heavy (non-hydrogen) atoms. The smallest absolute Gasteiger partial charge is 0.456 e. The summed E-state index contributed by atoms with van der Waals surface area (Å²) < 4.78 is 58.9. The number of hydrogen-bond acceptors (Lipinski definition) is 2. The van der Waals surface area contributed by atoms with E-state index in [1.54, 1.807) is 0 Å². The summed E-state index contributed by atoms with van der Waals surface area (Å²) in [4.78, 5) is 9.76. The minimum absolute atomic E-state index is 0.00428. The Labute approximate surface area is 74.5 Å². The van der Waals surface area contributed by atoms with Gasteiger partial charge in [0.25, 0.3) is 0 Å². The molecule has 0 aliphatic heterocycles. The Kier molecular flexibility index (Phi) is 3.58. The molecule has 0 radical (unpaired) electrons. The minimum Gasteiger partial charge on any atom is -0.478 e. The molecule has 82 valence electrons. The second kappa shape index (κ2) is 3.91. The molecule has 0 aromatic rings. The van der Waals surface area contributed by atoms with Crippen LogP contribution in [0.1, 0.15) is 0 Å². The van der Waals surface area contributed by atoms with E-state index in [2.05, 4.69) is 0 Å². The largest absolute Gasteiger partial charge is 0.478 e. The summed E-state index contributed by atoms with van der Waals surface area (Å²) in [6.45, 7) is 0. The summed E-state index contributed by atoms with van der Waals surface area (Å²) in [5.41, 5.74) is 0. The molecule has 0 aromatic carbocycles. The fourth-order valence-corrected chi connectivity index (χ4v) is 0.462. The molecule has 0 aliphatic rings. The number of alkyl halides is 5. The lowest BCUT2D eigenvalue weighted by molar-refractivity contribution is -0.305. The van der Waals surface area contributed by atoms with E-state index in [0.717, 1.165) is 0 Å². The molecule has 1 atom stereocenters. The van der Waals surface area contributed by atoms with E-state index in [-0.39, 0.29) is 12.2 Å². The van der Waals surface area contributed by atoms with E-state index in [1.807, 2.05) is 0 Å². The zero-order valence-corrected chi connectivity index (χ0v) is 6.42. The van der Waals surface area contributed by atoms with Crippen molar-refractivity contribution < 1.29 is 37.0 Å². The average Bonchev–Trinajstić information content (AvgIpc) is 1.97. The Hall–Kier alpha value is -1.18. The van der Waals surface area contributed by atoms with Crippen molar-refractivity contribution in [1.29, 1.82) is 0 Å². The van der Waals surface area contributed by atoms with Gasteiger partial charge in [-0.3, -0.25) is 0 Å². The Morgan fingerprint density at radius 3 is 1.93 bits per heavy atom. The lowest BCUT2D eigenvalue weighted by Gasteiger charge is -2.22. The van der Waals surface area contributed by atoms with Crippen molar-refractivity contribution in [1.82, 2.24) is 0 Å². The van der Waals surface area contributed by atoms with Gasteiger partial charge < -0.3 is 10.2 Å². The van der Waals surface area contributed by atoms with Gasteiger partial charge in [-0.25, -0.2) is 4.79 Å². The lowest BCUT2D eigenvalue weighted by Crippen LogP contribution is -2.46. The van der Waals surface area contributed by atoms with Gasteiger partial charge in [-0.15, -0.1) is 0 Å². The summed E-state index contributed by atoms with van der Waals surface area (Å²) in [7, 11) is 0. The third-order valence-corrected chi connectivity index (χ3v) is 1.17. The molecular weight excluding hydrogens is 215 g/mol. The molecule has 0 rings (SSSR count). The van der Waals surface area contributed by atoms with Gasteiger partial charge in [0, 0.05) is 6.08 Å². The third kappa shape index (κ3) is 2.95. The van der Waals surface area contributed by atoms with Gasteiger partial charge in [0.15, 0.2) is 0 Å². The second-order valence-corrected chi connectivity index (χ2v) is 2.26. The molecule has 0 saturated carbocycles. The van der Waals surface area contributed by atoms with Crippen LogP contribution < -0.4 is 0 Å². The van der Waals surface area contributed by atoms with Gasteiger partial charge in [-0.1, -0.05) is 0 Å². The van der Waals surface area contributed by atoms with Crippen LogP contribution in [-0.2, 0) is 4.79 Å². The molecule has 3 nitrogen and oxygen atoms in total. The van der Waals surface area contributed by atoms with Crippen LogP contribution in [0.5, 0.6) is 0 Å². The van der Waals surface area contributed by atoms with Crippen molar-refractivity contribution in [2.75, 3.05) is 0 Å². The maximum Gasteiger partial charge on any atom is 0.456 e. The van der Waals surface area contributed by atoms with Crippen LogP contribution >= 0.6 is 0 Å². The van der Waals surface area contributed by atoms with Crippen LogP contribution in [0.4, 0.5) is 22.0 Å². The van der Waals surface area contributed by atoms with E-state index in [9.17, 15) is 26.7 Å². The number of halogens is 5. The van der Waals surface area contributed by atoms with Crippen molar-refractivity contribution in [2.45, 2.75) is 18.2 Å². The maximum absolute atomic E-state index is 12.2. The van der Waals surface area contributed by atoms with Crippen LogP contribution in [0.2, 0.25) is 0 Å². The van der Waals surface area contributed by atoms with Gasteiger partial charge in [0.2, 0.25) is 0 Å². The van der Waals surface area contributed by atoms with Crippen LogP contribution in [0, 0.1) is 0 Å². The average molecular weight is 220 g/mol. The van der Waals surface area contributed by atoms with Gasteiger partial charge in [0.05, 0.1) is 0 Å². The Bertz CT molecular complexity index is 244. The SMILES string of the molecule is O=C(O)/C=C/C(O)C(F)(F)C(F)(F)F. The summed E-state index contributed by atoms with van der Waals surface area (Å²) in [6, 6.07) is 0. The quantitative estimate of drug-likeness (QED) is 0.554. The van der Waals surface area contributed by atoms with Crippen LogP contribution in [0.25, 0.3) is 0 Å². The van der Waals surface area contributed by atoms with Gasteiger partial charge in [-0.2, -0.15) is 22.0 Å². The van der Waals surface area contributed by atoms with Crippen molar-refractivity contribution in [3.63, 3.8) is 0 Å². The Morgan fingerprint density at radius 1 is 1.21 bits per heavy atom. The fraction of sp³-hybridized carbons (Fsp3) is 0.500. The molecular formula is C6H5F5O3. The number of carboxylic acids is 1. The first-order chi connectivity index (χ1) is 6.09. The highest BCUT2D eigenvalue weighted by atomic mass is 19.4. The predicted octanol–water partition coefficient (Wildman–Crippen LogP) is 1.19. The lowest BCUT2D eigenvalue weighted by atomic mass is 10.1. The van der Waals surface area contributed by atoms with Crippen LogP contribution in [-0.4, -0.2) is 34.4 Å². The summed E-state index contributed by atoms with van der Waals surface area (Å²) in [5, 5.41) is 16.2. The van der Waals surface area contributed by atoms with E-state index in [0.29, 0.717) is 0 Å². The molecule has 0 saturated heterocycles. The minimum atomic E-state index is -5.92. The van der Waals surface area contributed by atoms with Crippen LogP contribution in [0.15, 0.2) is 12.2 Å². The molecule has 0 amide bonds. The Morgan fingerprint density at radius 2 is 1.64 bits per heavy atom. The first-order valence-corrected chi connectivity index (χ1v) is 3.12. The number of carbonyl (C=O) groups is 1. The number of rotatable bonds is 3. The van der Waals surface area contributed by atoms with E-state index < -0.39 is 24.2 Å². The summed E-state index contributed by atoms with van der Waals surface area (Å²) >= 11 is 0. The van der Waals surface area contributed by atoms with Crippen molar-refractivity contribution in [3.05, 3.63) is 12.2 Å². The van der Waals surface area contributed by atoms with Gasteiger partial charge in [-0.05, 0) is 6.08 Å². The molecule has 0 fully saturated rings. The molecule has 0 heterocycles. The molecule has 1 unspecified atom stereocenters. The molecule has 8 heteroatoms. The van der Waals surface area contributed by atoms with Crippen molar-refractivity contribution >= 4 is 5.97 Å². The predicted molar refractivity (Wildman–Crippen MR) is 33.8 cm³/mol. The molecule has 0 bridgehead atoms. The van der Waals surface area contributed by atoms with E-state index in [4.69, 9.17) is 10.2 Å². The second-order valence-electron chi connectivity index (χ2n) is 2.26. The molecule has 0 aliphatic carbocycles. The topological polar surface area (TPSA) is 57.5 Å². The van der Waals surface area contributed by atoms with E-state index >= 15 is 0 Å². The van der Waals surface area contributed by atoms with Crippen LogP contribution in [0.3, 0.4) is 0 Å². The number of hydrogen-bond donors (Lipinski definition) is 2. The van der Waals surface area contributed by atoms with Crippen molar-refractivity contribution in [2.24, 2.45) is 0 Å². The highest BCUT2D eigenvalue weighted by Crippen LogP contribution is 2.38. The number of aliphatic hydroxyl groups is 1. The molecule has 2 N–H and O–H groups in total. The number of aliphatic hydroxyl groups excluding tert-OH is 1. The highest BCUT2D eigenvalue weighted by Gasteiger charge is 2.61. The highest BCUT2D eigenvalue weighted by molar-refractivity contribution is 5.79. The number of aliphatic carboxylic acids is 1. The monoisotopic (exact) mass is 220 g/mol. The maximum atomic E-state index is 12.2. The first kappa shape index (κ1) is 12.8. The number of carboxylic acid groups (broad SMARTS) is 1. The molecule has 0 spiro atoms. The zero-order chi connectivity index (χ0) is 11.6. The van der Waals surface area contributed by atoms with E-state index in [1.165, 1.54) is 0 Å². The summed E-state index contributed by atoms with van der Waals surface area (Å²) in [6.07, 6.45) is -9.27. The first-order valence-electron chi connectivity index (χ1n) is 3.12.